The van der Waals surface area contributed by atoms with Gasteiger partial charge in [-0.15, -0.1) is 0 Å². The average molecular weight is 382 g/mol. The van der Waals surface area contributed by atoms with E-state index in [1.807, 2.05) is 0 Å². The standard InChI is InChI=1S/C13H11ClF3N3O3S/c1-20-7-10(6-18-12(20)21)24(22,23)19-11(13(15,16)17)8-2-4-9(14)5-3-8/h2-7,11,19H,1H3/t11-/m1/s1. The smallest absolute Gasteiger partial charge is 0.301 e. The number of aromatic nitrogens is 2. The molecule has 0 unspecified atom stereocenters. The van der Waals surface area contributed by atoms with E-state index in [4.69, 9.17) is 11.6 Å². The van der Waals surface area contributed by atoms with Crippen LogP contribution in [0.1, 0.15) is 11.6 Å². The second kappa shape index (κ2) is 6.54. The Kier molecular flexibility index (Phi) is 5.02. The Morgan fingerprint density at radius 3 is 2.33 bits per heavy atom. The van der Waals surface area contributed by atoms with Crippen molar-refractivity contribution in [2.24, 2.45) is 7.05 Å². The molecule has 1 atom stereocenters. The van der Waals surface area contributed by atoms with E-state index < -0.39 is 32.8 Å². The summed E-state index contributed by atoms with van der Waals surface area (Å²) in [5.41, 5.74) is -1.06. The number of halogens is 4. The van der Waals surface area contributed by atoms with Crippen molar-refractivity contribution in [2.45, 2.75) is 17.1 Å². The van der Waals surface area contributed by atoms with Gasteiger partial charge in [0.2, 0.25) is 10.0 Å². The summed E-state index contributed by atoms with van der Waals surface area (Å²) in [6, 6.07) is 2.11. The molecular formula is C13H11ClF3N3O3S. The lowest BCUT2D eigenvalue weighted by atomic mass is 10.1. The number of sulfonamides is 1. The molecule has 1 N–H and O–H groups in total. The Morgan fingerprint density at radius 2 is 1.83 bits per heavy atom. The third kappa shape index (κ3) is 4.13. The van der Waals surface area contributed by atoms with Crippen molar-refractivity contribution in [3.8, 4) is 0 Å². The van der Waals surface area contributed by atoms with Crippen LogP contribution in [-0.4, -0.2) is 24.1 Å². The molecule has 0 radical (unpaired) electrons. The first-order valence-corrected chi connectivity index (χ1v) is 8.24. The second-order valence-electron chi connectivity index (χ2n) is 4.83. The average Bonchev–Trinajstić information content (AvgIpc) is 2.47. The fraction of sp³-hybridized carbons (Fsp3) is 0.231. The van der Waals surface area contributed by atoms with Gasteiger partial charge in [0.25, 0.3) is 0 Å². The molecule has 1 aromatic carbocycles. The third-order valence-electron chi connectivity index (χ3n) is 3.04. The van der Waals surface area contributed by atoms with Crippen LogP contribution in [0.2, 0.25) is 5.02 Å². The zero-order chi connectivity index (χ0) is 18.1. The maximum Gasteiger partial charge on any atom is 0.408 e. The Labute approximate surface area is 140 Å². The number of nitrogens with one attached hydrogen (secondary N) is 1. The van der Waals surface area contributed by atoms with Gasteiger partial charge in [-0.1, -0.05) is 23.7 Å². The highest BCUT2D eigenvalue weighted by Gasteiger charge is 2.43. The highest BCUT2D eigenvalue weighted by atomic mass is 35.5. The molecule has 130 valence electrons. The quantitative estimate of drug-likeness (QED) is 0.878. The van der Waals surface area contributed by atoms with Gasteiger partial charge in [-0.05, 0) is 17.7 Å². The molecule has 1 aromatic heterocycles. The first kappa shape index (κ1) is 18.4. The molecule has 1 heterocycles. The van der Waals surface area contributed by atoms with Crippen molar-refractivity contribution < 1.29 is 21.6 Å². The Balaban J connectivity index is 2.43. The molecule has 0 fully saturated rings. The number of alkyl halides is 3. The molecule has 0 amide bonds. The highest BCUT2D eigenvalue weighted by Crippen LogP contribution is 2.34. The van der Waals surface area contributed by atoms with Crippen LogP contribution in [-0.2, 0) is 17.1 Å². The summed E-state index contributed by atoms with van der Waals surface area (Å²) in [5.74, 6) is 0. The van der Waals surface area contributed by atoms with Gasteiger partial charge in [0.15, 0.2) is 0 Å². The molecule has 24 heavy (non-hydrogen) atoms. The lowest BCUT2D eigenvalue weighted by Gasteiger charge is -2.22. The summed E-state index contributed by atoms with van der Waals surface area (Å²) in [4.78, 5) is 13.9. The zero-order valence-corrected chi connectivity index (χ0v) is 13.7. The Morgan fingerprint density at radius 1 is 1.25 bits per heavy atom. The van der Waals surface area contributed by atoms with Crippen LogP contribution >= 0.6 is 11.6 Å². The molecule has 0 bridgehead atoms. The van der Waals surface area contributed by atoms with Gasteiger partial charge >= 0.3 is 11.9 Å². The first-order valence-electron chi connectivity index (χ1n) is 6.38. The van der Waals surface area contributed by atoms with Crippen LogP contribution in [0.4, 0.5) is 13.2 Å². The Bertz CT molecular complexity index is 895. The molecule has 0 saturated heterocycles. The van der Waals surface area contributed by atoms with Crippen LogP contribution in [0.5, 0.6) is 0 Å². The molecule has 0 spiro atoms. The van der Waals surface area contributed by atoms with Crippen LogP contribution in [0.3, 0.4) is 0 Å². The van der Waals surface area contributed by atoms with Crippen molar-refractivity contribution in [1.29, 1.82) is 0 Å². The van der Waals surface area contributed by atoms with E-state index in [1.54, 1.807) is 4.72 Å². The number of nitrogens with zero attached hydrogens (tertiary/aromatic N) is 2. The lowest BCUT2D eigenvalue weighted by Crippen LogP contribution is -2.38. The first-order chi connectivity index (χ1) is 11.0. The van der Waals surface area contributed by atoms with Crippen molar-refractivity contribution in [2.75, 3.05) is 0 Å². The summed E-state index contributed by atoms with van der Waals surface area (Å²) in [5, 5.41) is 0.213. The van der Waals surface area contributed by atoms with Gasteiger partial charge in [-0.3, -0.25) is 0 Å². The number of hydrogen-bond acceptors (Lipinski definition) is 4. The molecule has 2 aromatic rings. The maximum atomic E-state index is 13.3. The summed E-state index contributed by atoms with van der Waals surface area (Å²) < 4.78 is 66.6. The normalized spacial score (nSPS) is 13.7. The molecule has 0 saturated carbocycles. The monoisotopic (exact) mass is 381 g/mol. The van der Waals surface area contributed by atoms with Crippen LogP contribution in [0.15, 0.2) is 46.3 Å². The van der Waals surface area contributed by atoms with Crippen molar-refractivity contribution in [1.82, 2.24) is 14.3 Å². The molecule has 0 aliphatic rings. The summed E-state index contributed by atoms with van der Waals surface area (Å²) in [6.07, 6.45) is -3.30. The van der Waals surface area contributed by atoms with Gasteiger partial charge in [-0.2, -0.15) is 17.9 Å². The highest BCUT2D eigenvalue weighted by molar-refractivity contribution is 7.89. The number of aryl methyl sites for hydroxylation is 1. The molecule has 0 aliphatic heterocycles. The van der Waals surface area contributed by atoms with Gasteiger partial charge in [0.05, 0.1) is 6.20 Å². The van der Waals surface area contributed by atoms with Gasteiger partial charge in [-0.25, -0.2) is 18.2 Å². The van der Waals surface area contributed by atoms with E-state index in [0.717, 1.165) is 22.9 Å². The summed E-state index contributed by atoms with van der Waals surface area (Å²) in [6.45, 7) is 0. The predicted octanol–water partition coefficient (Wildman–Crippen LogP) is 2.02. The zero-order valence-electron chi connectivity index (χ0n) is 12.1. The topological polar surface area (TPSA) is 81.1 Å². The van der Waals surface area contributed by atoms with Crippen molar-refractivity contribution in [3.63, 3.8) is 0 Å². The number of rotatable bonds is 4. The largest absolute Gasteiger partial charge is 0.408 e. The van der Waals surface area contributed by atoms with Crippen LogP contribution < -0.4 is 10.4 Å². The molecular weight excluding hydrogens is 371 g/mol. The fourth-order valence-corrected chi connectivity index (χ4v) is 3.16. The minimum Gasteiger partial charge on any atom is -0.301 e. The fourth-order valence-electron chi connectivity index (χ4n) is 1.83. The molecule has 0 aliphatic carbocycles. The second-order valence-corrected chi connectivity index (χ2v) is 6.98. The van der Waals surface area contributed by atoms with Gasteiger partial charge in [0.1, 0.15) is 10.9 Å². The van der Waals surface area contributed by atoms with Crippen LogP contribution in [0, 0.1) is 0 Å². The van der Waals surface area contributed by atoms with Crippen molar-refractivity contribution in [3.05, 3.63) is 57.7 Å². The maximum absolute atomic E-state index is 13.3. The van der Waals surface area contributed by atoms with E-state index in [2.05, 4.69) is 4.98 Å². The van der Waals surface area contributed by atoms with E-state index >= 15 is 0 Å². The number of benzene rings is 1. The van der Waals surface area contributed by atoms with E-state index in [9.17, 15) is 26.4 Å². The lowest BCUT2D eigenvalue weighted by molar-refractivity contribution is -0.153. The van der Waals surface area contributed by atoms with Crippen molar-refractivity contribution >= 4 is 21.6 Å². The third-order valence-corrected chi connectivity index (χ3v) is 4.67. The van der Waals surface area contributed by atoms with Crippen LogP contribution in [0.25, 0.3) is 0 Å². The van der Waals surface area contributed by atoms with E-state index in [0.29, 0.717) is 6.20 Å². The summed E-state index contributed by atoms with van der Waals surface area (Å²) >= 11 is 5.63. The van der Waals surface area contributed by atoms with E-state index in [1.165, 1.54) is 19.2 Å². The van der Waals surface area contributed by atoms with E-state index in [-0.39, 0.29) is 10.6 Å². The molecule has 11 heteroatoms. The number of hydrogen-bond donors (Lipinski definition) is 1. The molecule has 6 nitrogen and oxygen atoms in total. The SMILES string of the molecule is Cn1cc(S(=O)(=O)N[C@H](c2ccc(Cl)cc2)C(F)(F)F)cnc1=O. The summed E-state index contributed by atoms with van der Waals surface area (Å²) in [7, 11) is -3.33. The Hall–Kier alpha value is -1.91. The minimum atomic E-state index is -4.88. The van der Waals surface area contributed by atoms with Gasteiger partial charge < -0.3 is 4.57 Å². The molecule has 2 rings (SSSR count). The predicted molar refractivity (Wildman–Crippen MR) is 80.0 cm³/mol. The van der Waals surface area contributed by atoms with Gasteiger partial charge in [0, 0.05) is 18.3 Å². The minimum absolute atomic E-state index is 0.213.